The van der Waals surface area contributed by atoms with Crippen LogP contribution in [-0.2, 0) is 11.2 Å². The van der Waals surface area contributed by atoms with Gasteiger partial charge in [0, 0.05) is 12.1 Å². The van der Waals surface area contributed by atoms with E-state index in [4.69, 9.17) is 14.3 Å². The van der Waals surface area contributed by atoms with E-state index in [-0.39, 0.29) is 6.41 Å². The quantitative estimate of drug-likeness (QED) is 0.820. The van der Waals surface area contributed by atoms with Crippen molar-refractivity contribution >= 4 is 6.41 Å². The highest BCUT2D eigenvalue weighted by Gasteiger charge is 2.19. The second kappa shape index (κ2) is 9.30. The fourth-order valence-corrected chi connectivity index (χ4v) is 2.82. The van der Waals surface area contributed by atoms with Crippen molar-refractivity contribution in [1.82, 2.24) is 4.90 Å². The normalized spacial score (nSPS) is 15.0. The maximum atomic E-state index is 8.58. The fraction of sp³-hybridized carbons (Fsp3) is 0.588. The number of likely N-dealkylation sites (N-methyl/N-ethyl adjacent to an activating group) is 1. The van der Waals surface area contributed by atoms with E-state index in [9.17, 15) is 0 Å². The van der Waals surface area contributed by atoms with Crippen molar-refractivity contribution in [2.45, 2.75) is 52.6 Å². The highest BCUT2D eigenvalue weighted by atomic mass is 16.7. The molecule has 22 heavy (non-hydrogen) atoms. The Hall–Kier alpha value is -1.75. The summed E-state index contributed by atoms with van der Waals surface area (Å²) >= 11 is 0. The molecule has 5 heteroatoms. The third-order valence-corrected chi connectivity index (χ3v) is 4.06. The first-order chi connectivity index (χ1) is 10.6. The van der Waals surface area contributed by atoms with Gasteiger partial charge in [-0.2, -0.15) is 0 Å². The number of primary amides is 1. The summed E-state index contributed by atoms with van der Waals surface area (Å²) in [6, 6.07) is 7.45. The lowest BCUT2D eigenvalue weighted by molar-refractivity contribution is -0.106. The van der Waals surface area contributed by atoms with Crippen LogP contribution in [0.5, 0.6) is 11.5 Å². The Bertz CT molecular complexity index is 465. The first-order valence-corrected chi connectivity index (χ1v) is 7.86. The van der Waals surface area contributed by atoms with Crippen LogP contribution < -0.4 is 15.2 Å². The molecule has 5 nitrogen and oxygen atoms in total. The van der Waals surface area contributed by atoms with Crippen LogP contribution in [0.3, 0.4) is 0 Å². The number of nitrogens with two attached hydrogens (primary N) is 1. The van der Waals surface area contributed by atoms with Crippen molar-refractivity contribution in [3.05, 3.63) is 23.8 Å². The summed E-state index contributed by atoms with van der Waals surface area (Å²) in [5.74, 6) is 1.75. The lowest BCUT2D eigenvalue weighted by atomic mass is 10.0. The van der Waals surface area contributed by atoms with Crippen molar-refractivity contribution in [3.63, 3.8) is 0 Å². The Morgan fingerprint density at radius 3 is 2.45 bits per heavy atom. The van der Waals surface area contributed by atoms with E-state index in [1.54, 1.807) is 0 Å². The number of amides is 1. The van der Waals surface area contributed by atoms with Crippen LogP contribution in [0.1, 0.15) is 39.7 Å². The first kappa shape index (κ1) is 18.3. The molecule has 0 aliphatic carbocycles. The van der Waals surface area contributed by atoms with Crippen LogP contribution in [-0.4, -0.2) is 36.7 Å². The highest BCUT2D eigenvalue weighted by Crippen LogP contribution is 2.33. The minimum atomic E-state index is 0.250. The van der Waals surface area contributed by atoms with Crippen molar-refractivity contribution in [3.8, 4) is 11.5 Å². The second-order valence-corrected chi connectivity index (χ2v) is 5.46. The van der Waals surface area contributed by atoms with Crippen LogP contribution >= 0.6 is 0 Å². The molecule has 0 spiro atoms. The molecule has 1 heterocycles. The van der Waals surface area contributed by atoms with E-state index < -0.39 is 0 Å². The maximum Gasteiger partial charge on any atom is 0.231 e. The molecule has 0 radical (unpaired) electrons. The maximum absolute atomic E-state index is 8.58. The zero-order valence-corrected chi connectivity index (χ0v) is 14.0. The van der Waals surface area contributed by atoms with Crippen LogP contribution in [0, 0.1) is 0 Å². The van der Waals surface area contributed by atoms with Crippen LogP contribution in [0.4, 0.5) is 0 Å². The number of hydrogen-bond acceptors (Lipinski definition) is 4. The van der Waals surface area contributed by atoms with Crippen molar-refractivity contribution in [2.24, 2.45) is 5.73 Å². The minimum Gasteiger partial charge on any atom is -0.454 e. The zero-order chi connectivity index (χ0) is 16.5. The summed E-state index contributed by atoms with van der Waals surface area (Å²) in [5.41, 5.74) is 5.48. The average molecular weight is 308 g/mol. The predicted octanol–water partition coefficient (Wildman–Crippen LogP) is 2.57. The Kier molecular flexibility index (Phi) is 7.74. The van der Waals surface area contributed by atoms with Gasteiger partial charge >= 0.3 is 0 Å². The topological polar surface area (TPSA) is 64.8 Å². The van der Waals surface area contributed by atoms with Crippen LogP contribution in [0.15, 0.2) is 18.2 Å². The summed E-state index contributed by atoms with van der Waals surface area (Å²) in [5, 5.41) is 0. The Balaban J connectivity index is 0.000000745. The monoisotopic (exact) mass is 308 g/mol. The molecule has 2 rings (SSSR count). The van der Waals surface area contributed by atoms with Gasteiger partial charge in [-0.05, 0) is 50.9 Å². The fourth-order valence-electron chi connectivity index (χ4n) is 2.82. The summed E-state index contributed by atoms with van der Waals surface area (Å²) in [6.07, 6.45) is 2.49. The largest absolute Gasteiger partial charge is 0.454 e. The molecule has 124 valence electrons. The highest BCUT2D eigenvalue weighted by molar-refractivity contribution is 5.44. The lowest BCUT2D eigenvalue weighted by Crippen LogP contribution is -2.40. The van der Waals surface area contributed by atoms with E-state index in [0.29, 0.717) is 18.9 Å². The molecule has 2 N–H and O–H groups in total. The molecule has 0 bridgehead atoms. The van der Waals surface area contributed by atoms with E-state index in [1.807, 2.05) is 6.07 Å². The first-order valence-electron chi connectivity index (χ1n) is 7.86. The van der Waals surface area contributed by atoms with E-state index in [1.165, 1.54) is 12.0 Å². The molecule has 0 fully saturated rings. The minimum absolute atomic E-state index is 0.250. The van der Waals surface area contributed by atoms with Gasteiger partial charge in [0.1, 0.15) is 0 Å². The van der Waals surface area contributed by atoms with Gasteiger partial charge in [-0.15, -0.1) is 0 Å². The molecule has 0 saturated heterocycles. The molecule has 2 unspecified atom stereocenters. The zero-order valence-electron chi connectivity index (χ0n) is 14.0. The van der Waals surface area contributed by atoms with E-state index in [0.717, 1.165) is 24.5 Å². The number of fused-ring (bicyclic) bond motifs is 1. The molecule has 1 aromatic rings. The van der Waals surface area contributed by atoms with Crippen molar-refractivity contribution < 1.29 is 14.3 Å². The molecule has 1 amide bonds. The molecule has 2 atom stereocenters. The SMILES string of the molecule is CCC(C)N(CC)C(C)Cc1ccc2c(c1)OCO2.NC=O. The van der Waals surface area contributed by atoms with E-state index in [2.05, 4.69) is 50.5 Å². The molecular formula is C17H28N2O3. The van der Waals surface area contributed by atoms with Crippen molar-refractivity contribution in [2.75, 3.05) is 13.3 Å². The van der Waals surface area contributed by atoms with Gasteiger partial charge < -0.3 is 15.2 Å². The average Bonchev–Trinajstić information content (AvgIpc) is 2.96. The number of nitrogens with zero attached hydrogens (tertiary/aromatic N) is 1. The second-order valence-electron chi connectivity index (χ2n) is 5.46. The lowest BCUT2D eigenvalue weighted by Gasteiger charge is -2.33. The summed E-state index contributed by atoms with van der Waals surface area (Å²) in [7, 11) is 0. The van der Waals surface area contributed by atoms with Gasteiger partial charge in [-0.1, -0.05) is 19.9 Å². The third-order valence-electron chi connectivity index (χ3n) is 4.06. The van der Waals surface area contributed by atoms with E-state index >= 15 is 0 Å². The standard InChI is InChI=1S/C16H25NO2.CH3NO/c1-5-12(3)17(6-2)13(4)9-14-7-8-15-16(10-14)19-11-18-15;2-1-3/h7-8,10,12-13H,5-6,9,11H2,1-4H3;1H,(H2,2,3). The summed E-state index contributed by atoms with van der Waals surface area (Å²) in [6.45, 7) is 10.5. The molecule has 1 aliphatic heterocycles. The number of carbonyl (C=O) groups excluding carboxylic acids is 1. The summed E-state index contributed by atoms with van der Waals surface area (Å²) < 4.78 is 10.8. The number of hydrogen-bond donors (Lipinski definition) is 1. The number of rotatable bonds is 6. The van der Waals surface area contributed by atoms with Gasteiger partial charge in [0.15, 0.2) is 11.5 Å². The Labute approximate surface area is 133 Å². The van der Waals surface area contributed by atoms with Gasteiger partial charge in [-0.3, -0.25) is 9.69 Å². The Morgan fingerprint density at radius 2 is 1.86 bits per heavy atom. The van der Waals surface area contributed by atoms with Crippen LogP contribution in [0.2, 0.25) is 0 Å². The van der Waals surface area contributed by atoms with Gasteiger partial charge in [-0.25, -0.2) is 0 Å². The smallest absolute Gasteiger partial charge is 0.231 e. The van der Waals surface area contributed by atoms with Gasteiger partial charge in [0.2, 0.25) is 13.2 Å². The van der Waals surface area contributed by atoms with Crippen molar-refractivity contribution in [1.29, 1.82) is 0 Å². The van der Waals surface area contributed by atoms with Gasteiger partial charge in [0.25, 0.3) is 0 Å². The van der Waals surface area contributed by atoms with Gasteiger partial charge in [0.05, 0.1) is 0 Å². The molecule has 1 aliphatic rings. The number of ether oxygens (including phenoxy) is 2. The Morgan fingerprint density at radius 1 is 1.23 bits per heavy atom. The number of carbonyl (C=O) groups is 1. The third kappa shape index (κ3) is 4.91. The molecule has 0 aromatic heterocycles. The van der Waals surface area contributed by atoms with Crippen LogP contribution in [0.25, 0.3) is 0 Å². The molecular weight excluding hydrogens is 280 g/mol. The molecule has 0 saturated carbocycles. The molecule has 1 aromatic carbocycles. The summed E-state index contributed by atoms with van der Waals surface area (Å²) in [4.78, 5) is 11.1. The number of benzene rings is 1. The predicted molar refractivity (Wildman–Crippen MR) is 88.1 cm³/mol.